The molecule has 0 unspecified atom stereocenters. The summed E-state index contributed by atoms with van der Waals surface area (Å²) in [5.41, 5.74) is 4.63. The van der Waals surface area contributed by atoms with Crippen molar-refractivity contribution in [2.24, 2.45) is 5.10 Å². The number of nitrogens with one attached hydrogen (secondary N) is 2. The van der Waals surface area contributed by atoms with E-state index >= 15 is 0 Å². The molecule has 3 rings (SSSR count). The summed E-state index contributed by atoms with van der Waals surface area (Å²) in [6, 6.07) is 18.4. The predicted octanol–water partition coefficient (Wildman–Crippen LogP) is 4.89. The van der Waals surface area contributed by atoms with Crippen LogP contribution in [0.1, 0.15) is 21.5 Å². The highest BCUT2D eigenvalue weighted by atomic mass is 79.9. The molecule has 0 aromatic heterocycles. The van der Waals surface area contributed by atoms with Crippen molar-refractivity contribution in [3.8, 4) is 11.5 Å². The van der Waals surface area contributed by atoms with Gasteiger partial charge in [0.05, 0.1) is 18.9 Å². The molecule has 0 heterocycles. The van der Waals surface area contributed by atoms with Crippen LogP contribution in [-0.4, -0.2) is 30.4 Å². The van der Waals surface area contributed by atoms with E-state index < -0.39 is 12.0 Å². The number of carbonyl (C=O) groups is 2. The van der Waals surface area contributed by atoms with Crippen LogP contribution < -0.4 is 20.2 Å². The summed E-state index contributed by atoms with van der Waals surface area (Å²) in [6.45, 7) is 0.183. The molecule has 3 aromatic rings. The van der Waals surface area contributed by atoms with E-state index in [1.807, 2.05) is 12.1 Å². The molecule has 3 N–H and O–H groups in total. The molecule has 164 valence electrons. The highest BCUT2D eigenvalue weighted by Gasteiger charge is 2.08. The number of hydrogen-bond donors (Lipinski definition) is 3. The van der Waals surface area contributed by atoms with E-state index in [1.54, 1.807) is 48.5 Å². The number of amides is 2. The van der Waals surface area contributed by atoms with Crippen LogP contribution in [-0.2, 0) is 6.61 Å². The minimum atomic E-state index is -0.994. The van der Waals surface area contributed by atoms with Crippen molar-refractivity contribution < 1.29 is 24.2 Å². The van der Waals surface area contributed by atoms with Gasteiger partial charge in [-0.25, -0.2) is 15.0 Å². The maximum absolute atomic E-state index is 11.9. The Morgan fingerprint density at radius 1 is 1.06 bits per heavy atom. The summed E-state index contributed by atoms with van der Waals surface area (Å²) in [4.78, 5) is 23.0. The Kier molecular flexibility index (Phi) is 7.82. The van der Waals surface area contributed by atoms with Gasteiger partial charge in [-0.3, -0.25) is 0 Å². The van der Waals surface area contributed by atoms with Crippen molar-refractivity contribution >= 4 is 39.8 Å². The minimum Gasteiger partial charge on any atom is -0.493 e. The van der Waals surface area contributed by atoms with Crippen molar-refractivity contribution in [2.45, 2.75) is 6.61 Å². The molecule has 0 atom stereocenters. The molecule has 0 saturated carbocycles. The second-order valence-corrected chi connectivity index (χ2v) is 7.45. The molecule has 32 heavy (non-hydrogen) atoms. The quantitative estimate of drug-likeness (QED) is 0.303. The lowest BCUT2D eigenvalue weighted by Gasteiger charge is -2.11. The Morgan fingerprint density at radius 2 is 1.88 bits per heavy atom. The molecular weight excluding hydrogens is 478 g/mol. The number of nitrogens with zero attached hydrogens (tertiary/aromatic N) is 1. The third kappa shape index (κ3) is 6.58. The molecular formula is C23H20BrN3O5. The first-order valence-corrected chi connectivity index (χ1v) is 10.2. The van der Waals surface area contributed by atoms with Gasteiger partial charge in [0.1, 0.15) is 6.61 Å². The first kappa shape index (κ1) is 22.8. The number of benzene rings is 3. The summed E-state index contributed by atoms with van der Waals surface area (Å²) in [6.07, 6.45) is 1.48. The second-order valence-electron chi connectivity index (χ2n) is 6.54. The van der Waals surface area contributed by atoms with Crippen LogP contribution in [0.2, 0.25) is 0 Å². The fraction of sp³-hybridized carbons (Fsp3) is 0.0870. The zero-order chi connectivity index (χ0) is 22.9. The SMILES string of the molecule is COc1cc(/C=N/NC(=O)Nc2cccc(Br)c2)ccc1OCc1cccc(C(=O)O)c1. The number of ether oxygens (including phenoxy) is 2. The molecule has 0 radical (unpaired) electrons. The highest BCUT2D eigenvalue weighted by molar-refractivity contribution is 9.10. The summed E-state index contributed by atoms with van der Waals surface area (Å²) >= 11 is 3.34. The number of hydrazone groups is 1. The van der Waals surface area contributed by atoms with E-state index in [2.05, 4.69) is 31.8 Å². The summed E-state index contributed by atoms with van der Waals surface area (Å²) in [7, 11) is 1.51. The molecule has 0 aliphatic rings. The fourth-order valence-corrected chi connectivity index (χ4v) is 3.13. The van der Waals surface area contributed by atoms with Crippen molar-refractivity contribution in [1.29, 1.82) is 0 Å². The average molecular weight is 498 g/mol. The standard InChI is InChI=1S/C23H20BrN3O5/c1-31-21-11-15(13-25-27-23(30)26-19-7-3-6-18(24)12-19)8-9-20(21)32-14-16-4-2-5-17(10-16)22(28)29/h2-13H,14H2,1H3,(H,28,29)(H2,26,27,30)/b25-13+. The van der Waals surface area contributed by atoms with Gasteiger partial charge in [0.2, 0.25) is 0 Å². The third-order valence-electron chi connectivity index (χ3n) is 4.22. The van der Waals surface area contributed by atoms with E-state index in [0.29, 0.717) is 22.7 Å². The average Bonchev–Trinajstić information content (AvgIpc) is 2.78. The number of carboxylic acids is 1. The van der Waals surface area contributed by atoms with E-state index in [9.17, 15) is 9.59 Å². The van der Waals surface area contributed by atoms with Crippen molar-refractivity contribution in [1.82, 2.24) is 5.43 Å². The summed E-state index contributed by atoms with van der Waals surface area (Å²) < 4.78 is 12.0. The number of carboxylic acid groups (broad SMARTS) is 1. The van der Waals surface area contributed by atoms with Crippen molar-refractivity contribution in [3.05, 3.63) is 87.9 Å². The normalized spacial score (nSPS) is 10.6. The van der Waals surface area contributed by atoms with Crippen LogP contribution in [0.4, 0.5) is 10.5 Å². The zero-order valence-electron chi connectivity index (χ0n) is 17.0. The Morgan fingerprint density at radius 3 is 2.62 bits per heavy atom. The van der Waals surface area contributed by atoms with E-state index in [1.165, 1.54) is 19.4 Å². The third-order valence-corrected chi connectivity index (χ3v) is 4.71. The Hall–Kier alpha value is -3.85. The van der Waals surface area contributed by atoms with Crippen LogP contribution in [0.15, 0.2) is 76.3 Å². The predicted molar refractivity (Wildman–Crippen MR) is 125 cm³/mol. The minimum absolute atomic E-state index is 0.183. The lowest BCUT2D eigenvalue weighted by atomic mass is 10.1. The summed E-state index contributed by atoms with van der Waals surface area (Å²) in [5, 5.41) is 15.7. The smallest absolute Gasteiger partial charge is 0.339 e. The topological polar surface area (TPSA) is 109 Å². The molecule has 8 nitrogen and oxygen atoms in total. The number of halogens is 1. The largest absolute Gasteiger partial charge is 0.493 e. The number of anilines is 1. The monoisotopic (exact) mass is 497 g/mol. The van der Waals surface area contributed by atoms with Crippen LogP contribution in [0.3, 0.4) is 0 Å². The van der Waals surface area contributed by atoms with Gasteiger partial charge in [-0.05, 0) is 59.7 Å². The molecule has 0 bridgehead atoms. The van der Waals surface area contributed by atoms with E-state index in [0.717, 1.165) is 10.0 Å². The molecule has 9 heteroatoms. The molecule has 3 aromatic carbocycles. The molecule has 0 aliphatic heterocycles. The first-order chi connectivity index (χ1) is 15.4. The van der Waals surface area contributed by atoms with E-state index in [4.69, 9.17) is 14.6 Å². The lowest BCUT2D eigenvalue weighted by Crippen LogP contribution is -2.24. The number of hydrogen-bond acceptors (Lipinski definition) is 5. The maximum atomic E-state index is 11.9. The number of rotatable bonds is 8. The molecule has 0 fully saturated rings. The Labute approximate surface area is 193 Å². The van der Waals surface area contributed by atoms with E-state index in [-0.39, 0.29) is 12.2 Å². The number of carbonyl (C=O) groups excluding carboxylic acids is 1. The van der Waals surface area contributed by atoms with Gasteiger partial charge in [-0.1, -0.05) is 34.1 Å². The van der Waals surface area contributed by atoms with Crippen molar-refractivity contribution in [3.63, 3.8) is 0 Å². The van der Waals surface area contributed by atoms with Crippen LogP contribution in [0.25, 0.3) is 0 Å². The number of urea groups is 1. The van der Waals surface area contributed by atoms with Gasteiger partial charge in [-0.15, -0.1) is 0 Å². The van der Waals surface area contributed by atoms with Crippen molar-refractivity contribution in [2.75, 3.05) is 12.4 Å². The van der Waals surface area contributed by atoms with Crippen LogP contribution >= 0.6 is 15.9 Å². The number of aromatic carboxylic acids is 1. The molecule has 0 spiro atoms. The van der Waals surface area contributed by atoms with Gasteiger partial charge in [0.25, 0.3) is 0 Å². The summed E-state index contributed by atoms with van der Waals surface area (Å²) in [5.74, 6) is -0.0281. The second kappa shape index (κ2) is 11.0. The maximum Gasteiger partial charge on any atom is 0.339 e. The molecule has 0 saturated heterocycles. The lowest BCUT2D eigenvalue weighted by molar-refractivity contribution is 0.0696. The van der Waals surface area contributed by atoms with Gasteiger partial charge in [-0.2, -0.15) is 5.10 Å². The molecule has 2 amide bonds. The first-order valence-electron chi connectivity index (χ1n) is 9.43. The van der Waals surface area contributed by atoms with Gasteiger partial charge in [0.15, 0.2) is 11.5 Å². The van der Waals surface area contributed by atoms with Crippen LogP contribution in [0, 0.1) is 0 Å². The van der Waals surface area contributed by atoms with Gasteiger partial charge < -0.3 is 19.9 Å². The fourth-order valence-electron chi connectivity index (χ4n) is 2.73. The highest BCUT2D eigenvalue weighted by Crippen LogP contribution is 2.28. The van der Waals surface area contributed by atoms with Gasteiger partial charge >= 0.3 is 12.0 Å². The Balaban J connectivity index is 1.59. The zero-order valence-corrected chi connectivity index (χ0v) is 18.6. The Bertz CT molecular complexity index is 1150. The van der Waals surface area contributed by atoms with Gasteiger partial charge in [0, 0.05) is 10.2 Å². The molecule has 0 aliphatic carbocycles. The van der Waals surface area contributed by atoms with Crippen LogP contribution in [0.5, 0.6) is 11.5 Å². The number of methoxy groups -OCH3 is 1.